The second-order valence-corrected chi connectivity index (χ2v) is 11.4. The number of aliphatic hydroxyl groups is 1. The van der Waals surface area contributed by atoms with Crippen molar-refractivity contribution in [3.8, 4) is 0 Å². The molecule has 2 saturated heterocycles. The number of piperidine rings is 1. The van der Waals surface area contributed by atoms with Gasteiger partial charge in [0.2, 0.25) is 0 Å². The Kier molecular flexibility index (Phi) is 7.42. The van der Waals surface area contributed by atoms with Gasteiger partial charge in [-0.1, -0.05) is 59.8 Å². The largest absolute Gasteiger partial charge is 0.366 e. The number of hydrogen-bond acceptors (Lipinski definition) is 6. The third kappa shape index (κ3) is 5.19. The van der Waals surface area contributed by atoms with Gasteiger partial charge in [-0.2, -0.15) is 0 Å². The number of benzene rings is 2. The number of thioether (sulfide) groups is 1. The van der Waals surface area contributed by atoms with E-state index in [4.69, 9.17) is 11.6 Å². The van der Waals surface area contributed by atoms with E-state index in [1.165, 1.54) is 28.8 Å². The number of carbonyl (C=O) groups is 1. The Morgan fingerprint density at radius 1 is 1.18 bits per heavy atom. The maximum absolute atomic E-state index is 13.0. The molecule has 0 bridgehead atoms. The van der Waals surface area contributed by atoms with Gasteiger partial charge in [-0.15, -0.1) is 0 Å². The highest BCUT2D eigenvalue weighted by Crippen LogP contribution is 2.39. The molecule has 1 atom stereocenters. The molecule has 2 aliphatic rings. The molecule has 0 spiro atoms. The summed E-state index contributed by atoms with van der Waals surface area (Å²) in [5.41, 5.74) is -0.0854. The molecular weight excluding hydrogens is 496 g/mol. The van der Waals surface area contributed by atoms with Crippen LogP contribution >= 0.6 is 23.4 Å². The number of halogens is 1. The van der Waals surface area contributed by atoms with E-state index in [2.05, 4.69) is 9.71 Å². The molecule has 0 aliphatic carbocycles. The second-order valence-electron chi connectivity index (χ2n) is 8.35. The molecule has 8 nitrogen and oxygen atoms in total. The molecule has 4 rings (SSSR count). The van der Waals surface area contributed by atoms with Crippen LogP contribution in [0.1, 0.15) is 30.4 Å². The maximum Gasteiger partial charge on any atom is 0.331 e. The molecule has 0 saturated carbocycles. The average Bonchev–Trinajstić information content (AvgIpc) is 3.13. The van der Waals surface area contributed by atoms with Gasteiger partial charge in [0.1, 0.15) is 4.90 Å². The predicted molar refractivity (Wildman–Crippen MR) is 134 cm³/mol. The Morgan fingerprint density at radius 2 is 1.88 bits per heavy atom. The van der Waals surface area contributed by atoms with Gasteiger partial charge < -0.3 is 14.9 Å². The lowest BCUT2D eigenvalue weighted by Gasteiger charge is -2.32. The number of aliphatic imine (C=N–C) groups is 1. The third-order valence-corrected chi connectivity index (χ3v) is 9.04. The van der Waals surface area contributed by atoms with Crippen molar-refractivity contribution in [3.63, 3.8) is 0 Å². The van der Waals surface area contributed by atoms with Gasteiger partial charge in [0.05, 0.1) is 17.3 Å². The zero-order chi connectivity index (χ0) is 24.3. The highest BCUT2D eigenvalue weighted by molar-refractivity contribution is 8.14. The van der Waals surface area contributed by atoms with Crippen LogP contribution in [-0.2, 0) is 22.3 Å². The highest BCUT2D eigenvalue weighted by atomic mass is 35.5. The molecule has 2 aromatic rings. The fourth-order valence-corrected chi connectivity index (χ4v) is 6.67. The average molecular weight is 523 g/mol. The topological polar surface area (TPSA) is 102 Å². The van der Waals surface area contributed by atoms with Crippen LogP contribution in [0.15, 0.2) is 58.4 Å². The van der Waals surface area contributed by atoms with Crippen molar-refractivity contribution in [3.05, 3.63) is 64.7 Å². The van der Waals surface area contributed by atoms with Crippen LogP contribution < -0.4 is 4.72 Å². The van der Waals surface area contributed by atoms with Crippen LogP contribution in [0, 0.1) is 0 Å². The van der Waals surface area contributed by atoms with Crippen molar-refractivity contribution in [2.45, 2.75) is 36.4 Å². The molecule has 11 heteroatoms. The molecule has 2 heterocycles. The Bertz CT molecular complexity index is 1190. The summed E-state index contributed by atoms with van der Waals surface area (Å²) in [6.45, 7) is 1.50. The lowest BCUT2D eigenvalue weighted by Crippen LogP contribution is -2.45. The fourth-order valence-electron chi connectivity index (χ4n) is 3.98. The Hall–Kier alpha value is -2.27. The second kappa shape index (κ2) is 10.2. The van der Waals surface area contributed by atoms with E-state index in [1.807, 2.05) is 30.3 Å². The first-order valence-electron chi connectivity index (χ1n) is 11.0. The number of amides is 2. The zero-order valence-corrected chi connectivity index (χ0v) is 21.2. The summed E-state index contributed by atoms with van der Waals surface area (Å²) in [5, 5.41) is 12.1. The number of rotatable bonds is 5. The molecule has 0 aromatic heterocycles. The van der Waals surface area contributed by atoms with Crippen LogP contribution in [0.3, 0.4) is 0 Å². The number of hydrogen-bond donors (Lipinski definition) is 2. The molecule has 34 heavy (non-hydrogen) atoms. The van der Waals surface area contributed by atoms with Gasteiger partial charge in [0, 0.05) is 25.7 Å². The number of sulfonamides is 1. The Labute approximate surface area is 209 Å². The number of amidine groups is 1. The molecule has 2 aliphatic heterocycles. The van der Waals surface area contributed by atoms with Crippen LogP contribution in [0.2, 0.25) is 5.02 Å². The van der Waals surface area contributed by atoms with E-state index < -0.39 is 21.8 Å². The van der Waals surface area contributed by atoms with E-state index >= 15 is 0 Å². The lowest BCUT2D eigenvalue weighted by molar-refractivity contribution is -0.0350. The van der Waals surface area contributed by atoms with Crippen molar-refractivity contribution in [2.24, 2.45) is 4.99 Å². The Balaban J connectivity index is 1.55. The van der Waals surface area contributed by atoms with Crippen molar-refractivity contribution in [2.75, 3.05) is 25.9 Å². The van der Waals surface area contributed by atoms with Gasteiger partial charge in [-0.25, -0.2) is 17.9 Å². The summed E-state index contributed by atoms with van der Waals surface area (Å²) in [6.07, 6.45) is 2.70. The molecule has 1 unspecified atom stereocenters. The van der Waals surface area contributed by atoms with Gasteiger partial charge in [-0.3, -0.25) is 4.99 Å². The van der Waals surface area contributed by atoms with Gasteiger partial charge in [0.15, 0.2) is 10.9 Å². The monoisotopic (exact) mass is 522 g/mol. The standard InChI is InChI=1S/C23H27ClN4O4S2/c1-27-22(25-15-17-8-4-2-5-9-17)33-16-23(27,30)18-10-11-19(24)20(14-18)34(31,32)26-21(29)28-12-6-3-7-13-28/h2,4-5,8-11,14,30H,3,6-7,12-13,15-16H2,1H3,(H,26,29). The number of carbonyl (C=O) groups excluding carboxylic acids is 1. The van der Waals surface area contributed by atoms with E-state index in [0.29, 0.717) is 30.4 Å². The summed E-state index contributed by atoms with van der Waals surface area (Å²) in [4.78, 5) is 20.0. The summed E-state index contributed by atoms with van der Waals surface area (Å²) >= 11 is 7.60. The molecule has 0 radical (unpaired) electrons. The van der Waals surface area contributed by atoms with Gasteiger partial charge >= 0.3 is 6.03 Å². The van der Waals surface area contributed by atoms with Crippen molar-refractivity contribution in [1.29, 1.82) is 0 Å². The normalized spacial score (nSPS) is 22.3. The SMILES string of the molecule is CN1C(=NCc2ccccc2)SCC1(O)c1ccc(Cl)c(S(=O)(=O)NC(=O)N2CCCCC2)c1. The van der Waals surface area contributed by atoms with E-state index in [1.54, 1.807) is 18.0 Å². The first-order chi connectivity index (χ1) is 16.2. The van der Waals surface area contributed by atoms with Crippen molar-refractivity contribution in [1.82, 2.24) is 14.5 Å². The molecule has 2 aromatic carbocycles. The van der Waals surface area contributed by atoms with Crippen LogP contribution in [0.25, 0.3) is 0 Å². The zero-order valence-electron chi connectivity index (χ0n) is 18.8. The lowest BCUT2D eigenvalue weighted by atomic mass is 10.0. The molecule has 2 N–H and O–H groups in total. The molecular formula is C23H27ClN4O4S2. The first kappa shape index (κ1) is 24.8. The molecule has 182 valence electrons. The van der Waals surface area contributed by atoms with Gasteiger partial charge in [-0.05, 0) is 37.0 Å². The van der Waals surface area contributed by atoms with E-state index in [9.17, 15) is 18.3 Å². The number of nitrogens with one attached hydrogen (secondary N) is 1. The maximum atomic E-state index is 13.0. The molecule has 2 fully saturated rings. The smallest absolute Gasteiger partial charge is 0.331 e. The first-order valence-corrected chi connectivity index (χ1v) is 13.8. The van der Waals surface area contributed by atoms with Crippen LogP contribution in [0.5, 0.6) is 0 Å². The van der Waals surface area contributed by atoms with Crippen LogP contribution in [0.4, 0.5) is 4.79 Å². The van der Waals surface area contributed by atoms with Crippen molar-refractivity contribution >= 4 is 44.6 Å². The summed E-state index contributed by atoms with van der Waals surface area (Å²) in [5.74, 6) is 0.262. The third-order valence-electron chi connectivity index (χ3n) is 6.03. The minimum absolute atomic E-state index is 0.0300. The van der Waals surface area contributed by atoms with Gasteiger partial charge in [0.25, 0.3) is 10.0 Å². The summed E-state index contributed by atoms with van der Waals surface area (Å²) in [6, 6.07) is 13.4. The Morgan fingerprint density at radius 3 is 2.59 bits per heavy atom. The minimum Gasteiger partial charge on any atom is -0.366 e. The highest BCUT2D eigenvalue weighted by Gasteiger charge is 2.43. The quantitative estimate of drug-likeness (QED) is 0.622. The van der Waals surface area contributed by atoms with Crippen LogP contribution in [-0.4, -0.2) is 60.4 Å². The molecule has 2 amide bonds. The number of urea groups is 1. The van der Waals surface area contributed by atoms with E-state index in [-0.39, 0.29) is 15.7 Å². The predicted octanol–water partition coefficient (Wildman–Crippen LogP) is 3.60. The number of nitrogens with zero attached hydrogens (tertiary/aromatic N) is 3. The van der Waals surface area contributed by atoms with E-state index in [0.717, 1.165) is 24.8 Å². The number of likely N-dealkylation sites (tertiary alicyclic amines) is 1. The summed E-state index contributed by atoms with van der Waals surface area (Å²) < 4.78 is 28.2. The minimum atomic E-state index is -4.24. The fraction of sp³-hybridized carbons (Fsp3) is 0.391. The van der Waals surface area contributed by atoms with Crippen molar-refractivity contribution < 1.29 is 18.3 Å². The summed E-state index contributed by atoms with van der Waals surface area (Å²) in [7, 11) is -2.52.